The van der Waals surface area contributed by atoms with Gasteiger partial charge in [-0.25, -0.2) is 4.98 Å². The van der Waals surface area contributed by atoms with Crippen LogP contribution in [0.15, 0.2) is 36.4 Å². The third-order valence-electron chi connectivity index (χ3n) is 3.24. The number of aromatic nitrogens is 1. The Morgan fingerprint density at radius 3 is 2.79 bits per heavy atom. The number of nitrogens with zero attached hydrogens (tertiary/aromatic N) is 2. The van der Waals surface area contributed by atoms with Crippen molar-refractivity contribution in [3.8, 4) is 0 Å². The second-order valence-corrected chi connectivity index (χ2v) is 5.02. The van der Waals surface area contributed by atoms with Crippen LogP contribution in [0.5, 0.6) is 0 Å². The van der Waals surface area contributed by atoms with Gasteiger partial charge in [-0.2, -0.15) is 0 Å². The molecule has 2 aromatic rings. The van der Waals surface area contributed by atoms with Crippen molar-refractivity contribution < 1.29 is 4.79 Å². The lowest BCUT2D eigenvalue weighted by molar-refractivity contribution is -0.129. The van der Waals surface area contributed by atoms with E-state index in [0.29, 0.717) is 5.02 Å². The molecule has 1 amide bonds. The zero-order valence-corrected chi connectivity index (χ0v) is 11.1. The lowest BCUT2D eigenvalue weighted by atomic mass is 10.2. The minimum absolute atomic E-state index is 0.0549. The minimum atomic E-state index is 0.0549. The van der Waals surface area contributed by atoms with Gasteiger partial charge in [-0.15, -0.1) is 0 Å². The normalized spacial score (nSPS) is 14.9. The van der Waals surface area contributed by atoms with Crippen molar-refractivity contribution in [3.63, 3.8) is 0 Å². The van der Waals surface area contributed by atoms with Crippen molar-refractivity contribution in [3.05, 3.63) is 47.1 Å². The van der Waals surface area contributed by atoms with E-state index in [-0.39, 0.29) is 5.91 Å². The van der Waals surface area contributed by atoms with Crippen LogP contribution in [0.2, 0.25) is 5.02 Å². The molecular formula is C15H13ClN2O. The van der Waals surface area contributed by atoms with E-state index in [9.17, 15) is 4.79 Å². The van der Waals surface area contributed by atoms with Crippen LogP contribution in [0.1, 0.15) is 12.1 Å². The molecule has 1 aliphatic heterocycles. The van der Waals surface area contributed by atoms with E-state index >= 15 is 0 Å². The van der Waals surface area contributed by atoms with E-state index in [0.717, 1.165) is 36.1 Å². The molecule has 2 heterocycles. The molecule has 19 heavy (non-hydrogen) atoms. The quantitative estimate of drug-likeness (QED) is 0.787. The highest BCUT2D eigenvalue weighted by molar-refractivity contribution is 6.31. The largest absolute Gasteiger partial charge is 0.339 e. The SMILES string of the molecule is O=C(C=Cc1ccc2ccc(Cl)cc2n1)N1CCC1. The monoisotopic (exact) mass is 272 g/mol. The lowest BCUT2D eigenvalue weighted by Gasteiger charge is -2.29. The Bertz CT molecular complexity index is 662. The second kappa shape index (κ2) is 5.02. The smallest absolute Gasteiger partial charge is 0.246 e. The van der Waals surface area contributed by atoms with Crippen molar-refractivity contribution in [1.82, 2.24) is 9.88 Å². The molecule has 0 spiro atoms. The van der Waals surface area contributed by atoms with Crippen LogP contribution in [0.25, 0.3) is 17.0 Å². The van der Waals surface area contributed by atoms with Gasteiger partial charge in [-0.1, -0.05) is 23.7 Å². The average Bonchev–Trinajstić information content (AvgIpc) is 2.33. The van der Waals surface area contributed by atoms with Crippen LogP contribution >= 0.6 is 11.6 Å². The Hall–Kier alpha value is -1.87. The Morgan fingerprint density at radius 2 is 2.05 bits per heavy atom. The number of hydrogen-bond donors (Lipinski definition) is 0. The minimum Gasteiger partial charge on any atom is -0.339 e. The maximum absolute atomic E-state index is 11.7. The molecule has 0 radical (unpaired) electrons. The fourth-order valence-corrected chi connectivity index (χ4v) is 2.16. The molecule has 1 aliphatic rings. The number of carbonyl (C=O) groups excluding carboxylic acids is 1. The zero-order chi connectivity index (χ0) is 13.2. The molecular weight excluding hydrogens is 260 g/mol. The summed E-state index contributed by atoms with van der Waals surface area (Å²) < 4.78 is 0. The number of amides is 1. The first-order valence-electron chi connectivity index (χ1n) is 6.26. The first kappa shape index (κ1) is 12.2. The number of fused-ring (bicyclic) bond motifs is 1. The molecule has 1 fully saturated rings. The van der Waals surface area contributed by atoms with Crippen LogP contribution < -0.4 is 0 Å². The molecule has 1 aromatic carbocycles. The number of likely N-dealkylation sites (tertiary alicyclic amines) is 1. The highest BCUT2D eigenvalue weighted by atomic mass is 35.5. The molecule has 0 N–H and O–H groups in total. The fourth-order valence-electron chi connectivity index (χ4n) is 2.00. The number of pyridine rings is 1. The maximum atomic E-state index is 11.7. The topological polar surface area (TPSA) is 33.2 Å². The Labute approximate surface area is 116 Å². The van der Waals surface area contributed by atoms with Crippen molar-refractivity contribution in [2.45, 2.75) is 6.42 Å². The molecule has 4 heteroatoms. The summed E-state index contributed by atoms with van der Waals surface area (Å²) >= 11 is 5.95. The summed E-state index contributed by atoms with van der Waals surface area (Å²) in [6, 6.07) is 9.48. The number of benzene rings is 1. The Morgan fingerprint density at radius 1 is 1.26 bits per heavy atom. The van der Waals surface area contributed by atoms with E-state index in [4.69, 9.17) is 11.6 Å². The van der Waals surface area contributed by atoms with Gasteiger partial charge in [0.1, 0.15) is 0 Å². The van der Waals surface area contributed by atoms with Gasteiger partial charge in [0.2, 0.25) is 5.91 Å². The summed E-state index contributed by atoms with van der Waals surface area (Å²) in [5, 5.41) is 1.70. The van der Waals surface area contributed by atoms with Crippen molar-refractivity contribution >= 4 is 34.5 Å². The van der Waals surface area contributed by atoms with E-state index in [1.165, 1.54) is 0 Å². The van der Waals surface area contributed by atoms with E-state index in [1.54, 1.807) is 12.2 Å². The summed E-state index contributed by atoms with van der Waals surface area (Å²) in [6.07, 6.45) is 4.44. The summed E-state index contributed by atoms with van der Waals surface area (Å²) in [7, 11) is 0. The Balaban J connectivity index is 1.84. The van der Waals surface area contributed by atoms with Gasteiger partial charge in [-0.05, 0) is 30.7 Å². The summed E-state index contributed by atoms with van der Waals surface area (Å²) in [6.45, 7) is 1.73. The number of rotatable bonds is 2. The zero-order valence-electron chi connectivity index (χ0n) is 10.3. The Kier molecular flexibility index (Phi) is 3.22. The van der Waals surface area contributed by atoms with Gasteiger partial charge < -0.3 is 4.90 Å². The van der Waals surface area contributed by atoms with Crippen molar-refractivity contribution in [1.29, 1.82) is 0 Å². The lowest BCUT2D eigenvalue weighted by Crippen LogP contribution is -2.40. The molecule has 0 atom stereocenters. The third-order valence-corrected chi connectivity index (χ3v) is 3.48. The van der Waals surface area contributed by atoms with Gasteiger partial charge in [-0.3, -0.25) is 4.79 Å². The van der Waals surface area contributed by atoms with Crippen LogP contribution in [0.4, 0.5) is 0 Å². The number of hydrogen-bond acceptors (Lipinski definition) is 2. The molecule has 3 nitrogen and oxygen atoms in total. The standard InChI is InChI=1S/C15H13ClN2O/c16-12-4-2-11-3-5-13(17-14(11)10-12)6-7-15(19)18-8-1-9-18/h2-7,10H,1,8-9H2. The van der Waals surface area contributed by atoms with Crippen LogP contribution in [-0.2, 0) is 4.79 Å². The molecule has 0 bridgehead atoms. The highest BCUT2D eigenvalue weighted by Crippen LogP contribution is 2.18. The molecule has 0 aliphatic carbocycles. The number of carbonyl (C=O) groups is 1. The van der Waals surface area contributed by atoms with Gasteiger partial charge in [0, 0.05) is 29.6 Å². The predicted molar refractivity (Wildman–Crippen MR) is 77.0 cm³/mol. The first-order valence-corrected chi connectivity index (χ1v) is 6.63. The van der Waals surface area contributed by atoms with Gasteiger partial charge in [0.25, 0.3) is 0 Å². The third kappa shape index (κ3) is 2.61. The van der Waals surface area contributed by atoms with E-state index < -0.39 is 0 Å². The van der Waals surface area contributed by atoms with Crippen LogP contribution in [0, 0.1) is 0 Å². The maximum Gasteiger partial charge on any atom is 0.246 e. The van der Waals surface area contributed by atoms with E-state index in [2.05, 4.69) is 4.98 Å². The molecule has 1 saturated heterocycles. The molecule has 0 unspecified atom stereocenters. The number of halogens is 1. The van der Waals surface area contributed by atoms with Gasteiger partial charge >= 0.3 is 0 Å². The van der Waals surface area contributed by atoms with Crippen molar-refractivity contribution in [2.75, 3.05) is 13.1 Å². The van der Waals surface area contributed by atoms with Gasteiger partial charge in [0.15, 0.2) is 0 Å². The van der Waals surface area contributed by atoms with E-state index in [1.807, 2.05) is 35.2 Å². The highest BCUT2D eigenvalue weighted by Gasteiger charge is 2.17. The van der Waals surface area contributed by atoms with Gasteiger partial charge in [0.05, 0.1) is 11.2 Å². The second-order valence-electron chi connectivity index (χ2n) is 4.59. The summed E-state index contributed by atoms with van der Waals surface area (Å²) in [5.41, 5.74) is 1.61. The van der Waals surface area contributed by atoms with Crippen LogP contribution in [0.3, 0.4) is 0 Å². The molecule has 1 aromatic heterocycles. The molecule has 0 saturated carbocycles. The summed E-state index contributed by atoms with van der Waals surface area (Å²) in [5.74, 6) is 0.0549. The van der Waals surface area contributed by atoms with Crippen molar-refractivity contribution in [2.24, 2.45) is 0 Å². The predicted octanol–water partition coefficient (Wildman–Crippen LogP) is 3.13. The average molecular weight is 273 g/mol. The van der Waals surface area contributed by atoms with Crippen LogP contribution in [-0.4, -0.2) is 28.9 Å². The molecule has 96 valence electrons. The fraction of sp³-hybridized carbons (Fsp3) is 0.200. The first-order chi connectivity index (χ1) is 9.22. The molecule has 3 rings (SSSR count). The summed E-state index contributed by atoms with van der Waals surface area (Å²) in [4.78, 5) is 18.0.